The average Bonchev–Trinajstić information content (AvgIpc) is 2.60. The topological polar surface area (TPSA) is 78.8 Å². The van der Waals surface area contributed by atoms with Gasteiger partial charge in [-0.1, -0.05) is 0 Å². The number of hydrogen-bond acceptors (Lipinski definition) is 6. The van der Waals surface area contributed by atoms with E-state index >= 15 is 0 Å². The molecule has 0 radical (unpaired) electrons. The zero-order valence-electron chi connectivity index (χ0n) is 14.6. The number of carbonyl (C=O) groups is 1. The van der Waals surface area contributed by atoms with Crippen LogP contribution in [0.2, 0.25) is 0 Å². The fraction of sp³-hybridized carbons (Fsp3) is 0.688. The monoisotopic (exact) mass is 376 g/mol. The van der Waals surface area contributed by atoms with Crippen LogP contribution >= 0.6 is 0 Å². The minimum absolute atomic E-state index is 0.0324. The van der Waals surface area contributed by atoms with Crippen LogP contribution in [0.25, 0.3) is 0 Å². The minimum atomic E-state index is -4.46. The van der Waals surface area contributed by atoms with E-state index in [-0.39, 0.29) is 18.3 Å². The van der Waals surface area contributed by atoms with Gasteiger partial charge in [0.2, 0.25) is 11.9 Å². The van der Waals surface area contributed by atoms with E-state index < -0.39 is 17.8 Å². The van der Waals surface area contributed by atoms with Gasteiger partial charge in [-0.2, -0.15) is 13.2 Å². The molecule has 1 atom stereocenters. The molecule has 2 heterocycles. The van der Waals surface area contributed by atoms with Crippen molar-refractivity contribution in [2.45, 2.75) is 32.0 Å². The summed E-state index contributed by atoms with van der Waals surface area (Å²) in [7, 11) is 0. The molecular weight excluding hydrogens is 353 g/mol. The standard InChI is InChI=1S/C16H23F3N4O3/c1-12(24)2-8-26-9-3-14(25)22-4-6-23(7-5-22)15-20-10-13(11-21-15)16(17,18)19/h10-12,24H,2-9H2,1H3/t12-/m0/s1. The summed E-state index contributed by atoms with van der Waals surface area (Å²) in [4.78, 5) is 23.1. The Balaban J connectivity index is 1.73. The first kappa shape index (κ1) is 20.4. The number of piperazine rings is 1. The molecule has 1 N–H and O–H groups in total. The largest absolute Gasteiger partial charge is 0.419 e. The first-order chi connectivity index (χ1) is 12.3. The van der Waals surface area contributed by atoms with Crippen molar-refractivity contribution in [3.63, 3.8) is 0 Å². The summed E-state index contributed by atoms with van der Waals surface area (Å²) in [6.07, 6.45) is -2.56. The van der Waals surface area contributed by atoms with Crippen LogP contribution in [0, 0.1) is 0 Å². The predicted octanol–water partition coefficient (Wildman–Crippen LogP) is 1.32. The Morgan fingerprint density at radius 3 is 2.38 bits per heavy atom. The zero-order chi connectivity index (χ0) is 19.2. The van der Waals surface area contributed by atoms with Crippen LogP contribution in [0.4, 0.5) is 19.1 Å². The van der Waals surface area contributed by atoms with Crippen LogP contribution in [0.5, 0.6) is 0 Å². The number of carbonyl (C=O) groups excluding carboxylic acids is 1. The van der Waals surface area contributed by atoms with E-state index in [2.05, 4.69) is 9.97 Å². The first-order valence-corrected chi connectivity index (χ1v) is 8.45. The second-order valence-electron chi connectivity index (χ2n) is 6.14. The second kappa shape index (κ2) is 9.13. The minimum Gasteiger partial charge on any atom is -0.393 e. The summed E-state index contributed by atoms with van der Waals surface area (Å²) in [5.74, 6) is 0.196. The van der Waals surface area contributed by atoms with E-state index in [9.17, 15) is 18.0 Å². The van der Waals surface area contributed by atoms with Crippen LogP contribution in [-0.2, 0) is 15.7 Å². The second-order valence-corrected chi connectivity index (χ2v) is 6.14. The van der Waals surface area contributed by atoms with Crippen molar-refractivity contribution >= 4 is 11.9 Å². The van der Waals surface area contributed by atoms with Crippen molar-refractivity contribution in [3.8, 4) is 0 Å². The van der Waals surface area contributed by atoms with Gasteiger partial charge in [-0.25, -0.2) is 9.97 Å². The molecule has 146 valence electrons. The molecule has 2 rings (SSSR count). The SMILES string of the molecule is C[C@H](O)CCOCCC(=O)N1CCN(c2ncc(C(F)(F)F)cn2)CC1. The van der Waals surface area contributed by atoms with Crippen LogP contribution in [-0.4, -0.2) is 71.4 Å². The van der Waals surface area contributed by atoms with E-state index in [1.807, 2.05) is 0 Å². The maximum atomic E-state index is 12.5. The third-order valence-electron chi connectivity index (χ3n) is 4.02. The number of alkyl halides is 3. The fourth-order valence-corrected chi connectivity index (χ4v) is 2.46. The van der Waals surface area contributed by atoms with Crippen molar-refractivity contribution < 1.29 is 27.8 Å². The highest BCUT2D eigenvalue weighted by atomic mass is 19.4. The van der Waals surface area contributed by atoms with Crippen LogP contribution in [0.1, 0.15) is 25.3 Å². The summed E-state index contributed by atoms with van der Waals surface area (Å²) in [6.45, 7) is 4.21. The molecule has 1 amide bonds. The fourth-order valence-electron chi connectivity index (χ4n) is 2.46. The van der Waals surface area contributed by atoms with E-state index in [0.717, 1.165) is 12.4 Å². The van der Waals surface area contributed by atoms with E-state index in [0.29, 0.717) is 45.8 Å². The summed E-state index contributed by atoms with van der Waals surface area (Å²) in [6, 6.07) is 0. The number of anilines is 1. The number of hydrogen-bond donors (Lipinski definition) is 1. The Morgan fingerprint density at radius 1 is 1.23 bits per heavy atom. The maximum absolute atomic E-state index is 12.5. The van der Waals surface area contributed by atoms with E-state index in [1.54, 1.807) is 16.7 Å². The zero-order valence-corrected chi connectivity index (χ0v) is 14.6. The van der Waals surface area contributed by atoms with E-state index in [1.165, 1.54) is 0 Å². The Bertz CT molecular complexity index is 573. The van der Waals surface area contributed by atoms with Gasteiger partial charge in [-0.15, -0.1) is 0 Å². The highest BCUT2D eigenvalue weighted by Gasteiger charge is 2.32. The summed E-state index contributed by atoms with van der Waals surface area (Å²) in [5, 5.41) is 9.11. The Hall–Kier alpha value is -1.94. The molecular formula is C16H23F3N4O3. The van der Waals surface area contributed by atoms with Crippen molar-refractivity contribution in [1.82, 2.24) is 14.9 Å². The third-order valence-corrected chi connectivity index (χ3v) is 4.02. The van der Waals surface area contributed by atoms with Crippen molar-refractivity contribution in [3.05, 3.63) is 18.0 Å². The normalized spacial score (nSPS) is 16.7. The van der Waals surface area contributed by atoms with Gasteiger partial charge in [0.15, 0.2) is 0 Å². The van der Waals surface area contributed by atoms with Gasteiger partial charge in [-0.05, 0) is 13.3 Å². The molecule has 0 aromatic carbocycles. The van der Waals surface area contributed by atoms with Gasteiger partial charge in [0.05, 0.1) is 24.7 Å². The molecule has 0 spiro atoms. The molecule has 1 aliphatic heterocycles. The van der Waals surface area contributed by atoms with Crippen molar-refractivity contribution in [1.29, 1.82) is 0 Å². The quantitative estimate of drug-likeness (QED) is 0.724. The van der Waals surface area contributed by atoms with Gasteiger partial charge in [0.25, 0.3) is 0 Å². The molecule has 1 fully saturated rings. The number of aromatic nitrogens is 2. The van der Waals surface area contributed by atoms with Gasteiger partial charge >= 0.3 is 6.18 Å². The van der Waals surface area contributed by atoms with Gasteiger partial charge in [0.1, 0.15) is 0 Å². The molecule has 26 heavy (non-hydrogen) atoms. The maximum Gasteiger partial charge on any atom is 0.419 e. The molecule has 1 saturated heterocycles. The number of aliphatic hydroxyl groups excluding tert-OH is 1. The lowest BCUT2D eigenvalue weighted by Gasteiger charge is -2.34. The van der Waals surface area contributed by atoms with Gasteiger partial charge < -0.3 is 19.6 Å². The molecule has 0 aliphatic carbocycles. The molecule has 1 aromatic rings. The highest BCUT2D eigenvalue weighted by molar-refractivity contribution is 5.76. The summed E-state index contributed by atoms with van der Waals surface area (Å²) < 4.78 is 42.9. The van der Waals surface area contributed by atoms with E-state index in [4.69, 9.17) is 9.84 Å². The lowest BCUT2D eigenvalue weighted by Crippen LogP contribution is -2.49. The molecule has 1 aliphatic rings. The highest BCUT2D eigenvalue weighted by Crippen LogP contribution is 2.28. The number of halogens is 3. The Kier molecular flexibility index (Phi) is 7.15. The van der Waals surface area contributed by atoms with Crippen LogP contribution in [0.15, 0.2) is 12.4 Å². The third kappa shape index (κ3) is 6.10. The first-order valence-electron chi connectivity index (χ1n) is 8.45. The number of aliphatic hydroxyl groups is 1. The molecule has 10 heteroatoms. The smallest absolute Gasteiger partial charge is 0.393 e. The molecule has 0 unspecified atom stereocenters. The Morgan fingerprint density at radius 2 is 1.85 bits per heavy atom. The van der Waals surface area contributed by atoms with Crippen LogP contribution in [0.3, 0.4) is 0 Å². The number of nitrogens with zero attached hydrogens (tertiary/aromatic N) is 4. The molecule has 7 nitrogen and oxygen atoms in total. The lowest BCUT2D eigenvalue weighted by molar-refractivity contribution is -0.138. The lowest BCUT2D eigenvalue weighted by atomic mass is 10.3. The summed E-state index contributed by atoms with van der Waals surface area (Å²) >= 11 is 0. The van der Waals surface area contributed by atoms with Gasteiger partial charge in [0, 0.05) is 45.2 Å². The summed E-state index contributed by atoms with van der Waals surface area (Å²) in [5.41, 5.74) is -0.884. The Labute approximate surface area is 149 Å². The average molecular weight is 376 g/mol. The van der Waals surface area contributed by atoms with Crippen molar-refractivity contribution in [2.24, 2.45) is 0 Å². The van der Waals surface area contributed by atoms with Crippen LogP contribution < -0.4 is 4.90 Å². The molecule has 0 bridgehead atoms. The molecule has 0 saturated carbocycles. The van der Waals surface area contributed by atoms with Crippen molar-refractivity contribution in [2.75, 3.05) is 44.3 Å². The number of rotatable bonds is 7. The predicted molar refractivity (Wildman–Crippen MR) is 87.6 cm³/mol. The number of amides is 1. The van der Waals surface area contributed by atoms with Gasteiger partial charge in [-0.3, -0.25) is 4.79 Å². The number of ether oxygens (including phenoxy) is 1. The molecule has 1 aromatic heterocycles.